The van der Waals surface area contributed by atoms with Crippen LogP contribution >= 0.6 is 11.6 Å². The number of aryl methyl sites for hydroxylation is 1. The monoisotopic (exact) mass is 285 g/mol. The lowest BCUT2D eigenvalue weighted by molar-refractivity contribution is 0.104. The molecule has 0 radical (unpaired) electrons. The van der Waals surface area contributed by atoms with E-state index >= 15 is 0 Å². The molecule has 0 saturated heterocycles. The Morgan fingerprint density at radius 2 is 1.85 bits per heavy atom. The zero-order valence-corrected chi connectivity index (χ0v) is 12.2. The Morgan fingerprint density at radius 1 is 1.15 bits per heavy atom. The number of ketones is 1. The summed E-state index contributed by atoms with van der Waals surface area (Å²) < 4.78 is 0. The molecule has 0 aromatic heterocycles. The van der Waals surface area contributed by atoms with Crippen LogP contribution in [0.1, 0.15) is 22.8 Å². The second kappa shape index (κ2) is 6.40. The van der Waals surface area contributed by atoms with Crippen LogP contribution in [-0.4, -0.2) is 5.78 Å². The van der Waals surface area contributed by atoms with E-state index in [2.05, 4.69) is 5.32 Å². The third-order valence-corrected chi connectivity index (χ3v) is 3.33. The van der Waals surface area contributed by atoms with Gasteiger partial charge in [0.25, 0.3) is 0 Å². The van der Waals surface area contributed by atoms with Crippen LogP contribution in [-0.2, 0) is 0 Å². The van der Waals surface area contributed by atoms with Gasteiger partial charge in [-0.2, -0.15) is 0 Å². The van der Waals surface area contributed by atoms with Gasteiger partial charge in [-0.15, -0.1) is 0 Å². The Labute approximate surface area is 124 Å². The summed E-state index contributed by atoms with van der Waals surface area (Å²) in [5, 5.41) is 3.87. The summed E-state index contributed by atoms with van der Waals surface area (Å²) in [6.45, 7) is 3.81. The molecule has 3 heteroatoms. The van der Waals surface area contributed by atoms with Crippen molar-refractivity contribution in [2.24, 2.45) is 0 Å². The first-order valence-electron chi connectivity index (χ1n) is 6.37. The maximum atomic E-state index is 12.0. The number of allylic oxidation sites excluding steroid dienone is 2. The molecule has 0 amide bonds. The molecular weight excluding hydrogens is 270 g/mol. The molecule has 0 fully saturated rings. The Kier molecular flexibility index (Phi) is 4.59. The highest BCUT2D eigenvalue weighted by atomic mass is 35.5. The van der Waals surface area contributed by atoms with Gasteiger partial charge in [0, 0.05) is 28.0 Å². The molecular formula is C17H16ClNO. The minimum Gasteiger partial charge on any atom is -0.359 e. The summed E-state index contributed by atoms with van der Waals surface area (Å²) in [5.41, 5.74) is 3.35. The summed E-state index contributed by atoms with van der Waals surface area (Å²) in [5.74, 6) is -0.0196. The van der Waals surface area contributed by atoms with Gasteiger partial charge in [-0.1, -0.05) is 48.0 Å². The number of benzene rings is 2. The molecule has 1 N–H and O–H groups in total. The summed E-state index contributed by atoms with van der Waals surface area (Å²) in [7, 11) is 0. The number of rotatable bonds is 4. The molecule has 102 valence electrons. The molecule has 0 spiro atoms. The molecule has 2 rings (SSSR count). The third kappa shape index (κ3) is 3.72. The van der Waals surface area contributed by atoms with Crippen LogP contribution in [0.25, 0.3) is 0 Å². The highest BCUT2D eigenvalue weighted by Gasteiger charge is 2.03. The number of nitrogens with one attached hydrogen (secondary N) is 1. The topological polar surface area (TPSA) is 29.1 Å². The summed E-state index contributed by atoms with van der Waals surface area (Å²) >= 11 is 6.07. The number of hydrogen-bond acceptors (Lipinski definition) is 2. The maximum absolute atomic E-state index is 12.0. The van der Waals surface area contributed by atoms with E-state index in [-0.39, 0.29) is 5.78 Å². The average molecular weight is 286 g/mol. The fraction of sp³-hybridized carbons (Fsp3) is 0.118. The van der Waals surface area contributed by atoms with E-state index in [0.29, 0.717) is 10.6 Å². The van der Waals surface area contributed by atoms with Gasteiger partial charge in [-0.05, 0) is 31.5 Å². The molecule has 0 saturated carbocycles. The van der Waals surface area contributed by atoms with Gasteiger partial charge in [-0.25, -0.2) is 0 Å². The molecule has 2 nitrogen and oxygen atoms in total. The lowest BCUT2D eigenvalue weighted by Gasteiger charge is -2.08. The zero-order valence-electron chi connectivity index (χ0n) is 11.5. The van der Waals surface area contributed by atoms with Crippen LogP contribution in [0.5, 0.6) is 0 Å². The van der Waals surface area contributed by atoms with Crippen molar-refractivity contribution in [2.75, 3.05) is 5.32 Å². The van der Waals surface area contributed by atoms with Crippen molar-refractivity contribution in [3.63, 3.8) is 0 Å². The first-order valence-corrected chi connectivity index (χ1v) is 6.75. The summed E-state index contributed by atoms with van der Waals surface area (Å²) in [4.78, 5) is 12.0. The van der Waals surface area contributed by atoms with E-state index in [1.807, 2.05) is 50.2 Å². The lowest BCUT2D eigenvalue weighted by Crippen LogP contribution is -2.01. The molecule has 2 aromatic rings. The SMILES string of the molecule is CC(=CC(=O)c1ccccc1)Nc1ccc(C)c(Cl)c1. The molecule has 0 heterocycles. The van der Waals surface area contributed by atoms with Gasteiger partial charge in [0.15, 0.2) is 5.78 Å². The Morgan fingerprint density at radius 3 is 2.50 bits per heavy atom. The normalized spacial score (nSPS) is 11.2. The number of halogens is 1. The summed E-state index contributed by atoms with van der Waals surface area (Å²) in [6, 6.07) is 14.9. The predicted molar refractivity (Wildman–Crippen MR) is 84.3 cm³/mol. The zero-order chi connectivity index (χ0) is 14.5. The van der Waals surface area contributed by atoms with Gasteiger partial charge in [0.2, 0.25) is 0 Å². The molecule has 2 aromatic carbocycles. The summed E-state index contributed by atoms with van der Waals surface area (Å²) in [6.07, 6.45) is 1.59. The molecule has 0 bridgehead atoms. The maximum Gasteiger partial charge on any atom is 0.187 e. The first-order chi connectivity index (χ1) is 9.56. The fourth-order valence-corrected chi connectivity index (χ4v) is 2.00. The molecule has 0 unspecified atom stereocenters. The Bertz CT molecular complexity index is 647. The second-order valence-corrected chi connectivity index (χ2v) is 5.05. The number of anilines is 1. The van der Waals surface area contributed by atoms with Crippen LogP contribution in [0.2, 0.25) is 5.02 Å². The fourth-order valence-electron chi connectivity index (χ4n) is 1.82. The molecule has 0 aliphatic heterocycles. The van der Waals surface area contributed by atoms with Crippen LogP contribution in [0.15, 0.2) is 60.3 Å². The predicted octanol–water partition coefficient (Wildman–Crippen LogP) is 4.85. The second-order valence-electron chi connectivity index (χ2n) is 4.65. The van der Waals surface area contributed by atoms with Gasteiger partial charge < -0.3 is 5.32 Å². The molecule has 0 aliphatic rings. The van der Waals surface area contributed by atoms with Crippen molar-refractivity contribution in [1.82, 2.24) is 0 Å². The van der Waals surface area contributed by atoms with Gasteiger partial charge in [0.05, 0.1) is 0 Å². The van der Waals surface area contributed by atoms with E-state index in [1.54, 1.807) is 18.2 Å². The Balaban J connectivity index is 2.11. The van der Waals surface area contributed by atoms with Crippen LogP contribution < -0.4 is 5.32 Å². The average Bonchev–Trinajstić information content (AvgIpc) is 2.44. The minimum atomic E-state index is -0.0196. The number of carbonyl (C=O) groups excluding carboxylic acids is 1. The van der Waals surface area contributed by atoms with Crippen LogP contribution in [0, 0.1) is 6.92 Å². The van der Waals surface area contributed by atoms with Gasteiger partial charge in [0.1, 0.15) is 0 Å². The number of hydrogen-bond donors (Lipinski definition) is 1. The van der Waals surface area contributed by atoms with E-state index < -0.39 is 0 Å². The quantitative estimate of drug-likeness (QED) is 0.643. The third-order valence-electron chi connectivity index (χ3n) is 2.92. The minimum absolute atomic E-state index is 0.0196. The van der Waals surface area contributed by atoms with E-state index in [4.69, 9.17) is 11.6 Å². The van der Waals surface area contributed by atoms with Crippen molar-refractivity contribution < 1.29 is 4.79 Å². The standard InChI is InChI=1S/C17H16ClNO/c1-12-8-9-15(11-16(12)18)19-13(2)10-17(20)14-6-4-3-5-7-14/h3-11,19H,1-2H3. The van der Waals surface area contributed by atoms with Crippen molar-refractivity contribution in [3.05, 3.63) is 76.5 Å². The molecule has 0 atom stereocenters. The van der Waals surface area contributed by atoms with E-state index in [9.17, 15) is 4.79 Å². The highest BCUT2D eigenvalue weighted by molar-refractivity contribution is 6.31. The van der Waals surface area contributed by atoms with Crippen molar-refractivity contribution in [2.45, 2.75) is 13.8 Å². The largest absolute Gasteiger partial charge is 0.359 e. The van der Waals surface area contributed by atoms with Crippen LogP contribution in [0.4, 0.5) is 5.69 Å². The van der Waals surface area contributed by atoms with E-state index in [0.717, 1.165) is 16.9 Å². The van der Waals surface area contributed by atoms with Crippen molar-refractivity contribution >= 4 is 23.1 Å². The Hall–Kier alpha value is -2.06. The molecule has 0 aliphatic carbocycles. The highest BCUT2D eigenvalue weighted by Crippen LogP contribution is 2.21. The van der Waals surface area contributed by atoms with Crippen LogP contribution in [0.3, 0.4) is 0 Å². The van der Waals surface area contributed by atoms with E-state index in [1.165, 1.54) is 0 Å². The number of carbonyl (C=O) groups is 1. The first kappa shape index (κ1) is 14.4. The van der Waals surface area contributed by atoms with Gasteiger partial charge in [-0.3, -0.25) is 4.79 Å². The van der Waals surface area contributed by atoms with Gasteiger partial charge >= 0.3 is 0 Å². The van der Waals surface area contributed by atoms with Crippen molar-refractivity contribution in [1.29, 1.82) is 0 Å². The molecule has 20 heavy (non-hydrogen) atoms. The van der Waals surface area contributed by atoms with Crippen molar-refractivity contribution in [3.8, 4) is 0 Å². The lowest BCUT2D eigenvalue weighted by atomic mass is 10.1. The smallest absolute Gasteiger partial charge is 0.187 e.